The summed E-state index contributed by atoms with van der Waals surface area (Å²) in [7, 11) is 0. The van der Waals surface area contributed by atoms with Gasteiger partial charge in [-0.3, -0.25) is 9.59 Å². The van der Waals surface area contributed by atoms with Gasteiger partial charge in [0, 0.05) is 17.8 Å². The van der Waals surface area contributed by atoms with E-state index >= 15 is 0 Å². The van der Waals surface area contributed by atoms with Crippen LogP contribution in [-0.4, -0.2) is 31.1 Å². The van der Waals surface area contributed by atoms with Crippen LogP contribution in [0.5, 0.6) is 11.5 Å². The van der Waals surface area contributed by atoms with E-state index in [1.54, 1.807) is 36.4 Å². The molecule has 3 aromatic carbocycles. The molecule has 4 rings (SSSR count). The van der Waals surface area contributed by atoms with Gasteiger partial charge in [-0.1, -0.05) is 42.5 Å². The van der Waals surface area contributed by atoms with Gasteiger partial charge in [0.2, 0.25) is 6.10 Å². The summed E-state index contributed by atoms with van der Waals surface area (Å²) in [6.07, 6.45) is 0.0358. The predicted molar refractivity (Wildman–Crippen MR) is 114 cm³/mol. The second kappa shape index (κ2) is 9.13. The Kier molecular flexibility index (Phi) is 5.94. The van der Waals surface area contributed by atoms with Crippen LogP contribution in [0.3, 0.4) is 0 Å². The topological polar surface area (TPSA) is 76.7 Å². The van der Waals surface area contributed by atoms with Crippen molar-refractivity contribution in [2.45, 2.75) is 12.5 Å². The van der Waals surface area contributed by atoms with Crippen molar-refractivity contribution in [2.24, 2.45) is 0 Å². The molecule has 6 nitrogen and oxygen atoms in total. The second-order valence-electron chi connectivity index (χ2n) is 6.92. The van der Waals surface area contributed by atoms with E-state index in [4.69, 9.17) is 9.47 Å². The Morgan fingerprint density at radius 1 is 0.867 bits per heavy atom. The van der Waals surface area contributed by atoms with Crippen LogP contribution in [0, 0.1) is 0 Å². The zero-order valence-electron chi connectivity index (χ0n) is 16.3. The van der Waals surface area contributed by atoms with Gasteiger partial charge < -0.3 is 20.1 Å². The quantitative estimate of drug-likeness (QED) is 0.662. The van der Waals surface area contributed by atoms with Crippen molar-refractivity contribution < 1.29 is 19.1 Å². The molecule has 0 saturated heterocycles. The molecule has 0 bridgehead atoms. The third-order valence-corrected chi connectivity index (χ3v) is 4.76. The molecule has 0 aromatic heterocycles. The molecule has 6 heteroatoms. The van der Waals surface area contributed by atoms with Crippen molar-refractivity contribution in [3.05, 3.63) is 90.0 Å². The lowest BCUT2D eigenvalue weighted by atomic mass is 10.1. The third kappa shape index (κ3) is 4.78. The van der Waals surface area contributed by atoms with E-state index in [0.717, 1.165) is 6.42 Å². The molecule has 1 aliphatic heterocycles. The van der Waals surface area contributed by atoms with Crippen LogP contribution in [0.25, 0.3) is 0 Å². The van der Waals surface area contributed by atoms with E-state index in [0.29, 0.717) is 29.3 Å². The van der Waals surface area contributed by atoms with Gasteiger partial charge >= 0.3 is 0 Å². The molecule has 3 aromatic rings. The number of carbonyl (C=O) groups excluding carboxylic acids is 2. The smallest absolute Gasteiger partial charge is 0.269 e. The Morgan fingerprint density at radius 2 is 1.57 bits per heavy atom. The molecular formula is C24H22N2O4. The summed E-state index contributed by atoms with van der Waals surface area (Å²) < 4.78 is 11.3. The van der Waals surface area contributed by atoms with E-state index in [9.17, 15) is 9.59 Å². The summed E-state index contributed by atoms with van der Waals surface area (Å²) in [5, 5.41) is 5.70. The number of carbonyl (C=O) groups is 2. The number of nitrogens with one attached hydrogen (secondary N) is 2. The van der Waals surface area contributed by atoms with Gasteiger partial charge in [-0.25, -0.2) is 0 Å². The van der Waals surface area contributed by atoms with Gasteiger partial charge in [-0.2, -0.15) is 0 Å². The highest BCUT2D eigenvalue weighted by molar-refractivity contribution is 5.97. The molecule has 0 unspecified atom stereocenters. The molecule has 0 radical (unpaired) electrons. The van der Waals surface area contributed by atoms with Crippen LogP contribution in [0.1, 0.15) is 15.9 Å². The van der Waals surface area contributed by atoms with Crippen molar-refractivity contribution in [1.29, 1.82) is 0 Å². The summed E-state index contributed by atoms with van der Waals surface area (Å²) in [6, 6.07) is 24.0. The lowest BCUT2D eigenvalue weighted by molar-refractivity contribution is -0.125. The molecule has 0 fully saturated rings. The fourth-order valence-electron chi connectivity index (χ4n) is 3.14. The zero-order chi connectivity index (χ0) is 20.8. The Labute approximate surface area is 174 Å². The number of amides is 2. The normalized spacial score (nSPS) is 14.6. The molecule has 0 aliphatic carbocycles. The summed E-state index contributed by atoms with van der Waals surface area (Å²) in [5.74, 6) is 0.726. The number of benzene rings is 3. The first kappa shape index (κ1) is 19.5. The van der Waals surface area contributed by atoms with Crippen LogP contribution in [0.15, 0.2) is 78.9 Å². The molecule has 152 valence electrons. The molecule has 2 N–H and O–H groups in total. The maximum atomic E-state index is 12.5. The van der Waals surface area contributed by atoms with Crippen molar-refractivity contribution in [2.75, 3.05) is 18.5 Å². The highest BCUT2D eigenvalue weighted by Crippen LogP contribution is 2.31. The first-order chi connectivity index (χ1) is 14.7. The fraction of sp³-hybridized carbons (Fsp3) is 0.167. The number of hydrogen-bond donors (Lipinski definition) is 2. The standard InChI is InChI=1S/C24H22N2O4/c27-23(25-15-14-17-6-2-1-3-7-17)18-10-12-19(13-11-18)26-24(28)22-16-29-20-8-4-5-9-21(20)30-22/h1-13,22H,14-16H2,(H,25,27)(H,26,28)/t22-/m1/s1. The largest absolute Gasteiger partial charge is 0.485 e. The minimum atomic E-state index is -0.735. The fourth-order valence-corrected chi connectivity index (χ4v) is 3.14. The molecule has 0 spiro atoms. The lowest BCUT2D eigenvalue weighted by Gasteiger charge is -2.25. The van der Waals surface area contributed by atoms with Crippen LogP contribution >= 0.6 is 0 Å². The van der Waals surface area contributed by atoms with E-state index in [1.165, 1.54) is 5.56 Å². The molecular weight excluding hydrogens is 380 g/mol. The molecule has 1 atom stereocenters. The van der Waals surface area contributed by atoms with Crippen LogP contribution in [-0.2, 0) is 11.2 Å². The number of fused-ring (bicyclic) bond motifs is 1. The van der Waals surface area contributed by atoms with Crippen molar-refractivity contribution in [1.82, 2.24) is 5.32 Å². The third-order valence-electron chi connectivity index (χ3n) is 4.76. The van der Waals surface area contributed by atoms with Crippen molar-refractivity contribution >= 4 is 17.5 Å². The van der Waals surface area contributed by atoms with Gasteiger partial charge in [0.25, 0.3) is 11.8 Å². The van der Waals surface area contributed by atoms with Crippen LogP contribution in [0.4, 0.5) is 5.69 Å². The Morgan fingerprint density at radius 3 is 2.33 bits per heavy atom. The lowest BCUT2D eigenvalue weighted by Crippen LogP contribution is -2.40. The number of ether oxygens (including phenoxy) is 2. The zero-order valence-corrected chi connectivity index (χ0v) is 16.3. The average Bonchev–Trinajstić information content (AvgIpc) is 2.80. The number of hydrogen-bond acceptors (Lipinski definition) is 4. The van der Waals surface area contributed by atoms with Gasteiger partial charge in [-0.05, 0) is 48.4 Å². The molecule has 0 saturated carbocycles. The van der Waals surface area contributed by atoms with Crippen molar-refractivity contribution in [3.63, 3.8) is 0 Å². The summed E-state index contributed by atoms with van der Waals surface area (Å²) >= 11 is 0. The summed E-state index contributed by atoms with van der Waals surface area (Å²) in [4.78, 5) is 24.8. The Hall–Kier alpha value is -3.80. The minimum absolute atomic E-state index is 0.144. The van der Waals surface area contributed by atoms with Crippen LogP contribution in [0.2, 0.25) is 0 Å². The predicted octanol–water partition coefficient (Wildman–Crippen LogP) is 3.44. The van der Waals surface area contributed by atoms with Gasteiger partial charge in [0.15, 0.2) is 11.5 Å². The van der Waals surface area contributed by atoms with Gasteiger partial charge in [-0.15, -0.1) is 0 Å². The number of anilines is 1. The maximum Gasteiger partial charge on any atom is 0.269 e. The van der Waals surface area contributed by atoms with E-state index in [2.05, 4.69) is 10.6 Å². The SMILES string of the molecule is O=C(NCCc1ccccc1)c1ccc(NC(=O)[C@H]2COc3ccccc3O2)cc1. The number of para-hydroxylation sites is 2. The summed E-state index contributed by atoms with van der Waals surface area (Å²) in [5.41, 5.74) is 2.29. The first-order valence-corrected chi connectivity index (χ1v) is 9.80. The Bertz CT molecular complexity index is 1020. The molecule has 1 heterocycles. The second-order valence-corrected chi connectivity index (χ2v) is 6.92. The van der Waals surface area contributed by atoms with Crippen molar-refractivity contribution in [3.8, 4) is 11.5 Å². The molecule has 30 heavy (non-hydrogen) atoms. The van der Waals surface area contributed by atoms with E-state index in [1.807, 2.05) is 42.5 Å². The highest BCUT2D eigenvalue weighted by Gasteiger charge is 2.27. The van der Waals surface area contributed by atoms with Gasteiger partial charge in [0.05, 0.1) is 0 Å². The maximum absolute atomic E-state index is 12.5. The van der Waals surface area contributed by atoms with E-state index < -0.39 is 6.10 Å². The van der Waals surface area contributed by atoms with E-state index in [-0.39, 0.29) is 18.4 Å². The van der Waals surface area contributed by atoms with Crippen LogP contribution < -0.4 is 20.1 Å². The van der Waals surface area contributed by atoms with Gasteiger partial charge in [0.1, 0.15) is 6.61 Å². The highest BCUT2D eigenvalue weighted by atomic mass is 16.6. The minimum Gasteiger partial charge on any atom is -0.485 e. The Balaban J connectivity index is 1.28. The average molecular weight is 402 g/mol. The monoisotopic (exact) mass is 402 g/mol. The first-order valence-electron chi connectivity index (χ1n) is 9.80. The molecule has 2 amide bonds. The number of rotatable bonds is 6. The molecule has 1 aliphatic rings. The summed E-state index contributed by atoms with van der Waals surface area (Å²) in [6.45, 7) is 0.701.